The van der Waals surface area contributed by atoms with Gasteiger partial charge in [-0.25, -0.2) is 0 Å². The first-order valence-electron chi connectivity index (χ1n) is 10.6. The monoisotopic (exact) mass is 539 g/mol. The summed E-state index contributed by atoms with van der Waals surface area (Å²) in [6.07, 6.45) is 4.24. The lowest BCUT2D eigenvalue weighted by molar-refractivity contribution is -0.115. The second-order valence-electron chi connectivity index (χ2n) is 7.56. The Morgan fingerprint density at radius 2 is 1.83 bits per heavy atom. The minimum absolute atomic E-state index is 0.0929. The molecule has 0 atom stereocenters. The van der Waals surface area contributed by atoms with Crippen LogP contribution in [0.4, 0.5) is 11.4 Å². The number of thiocarbonyl (C=S) groups is 1. The molecule has 36 heavy (non-hydrogen) atoms. The highest BCUT2D eigenvalue weighted by atomic mass is 35.5. The zero-order valence-corrected chi connectivity index (χ0v) is 21.1. The first kappa shape index (κ1) is 25.2. The Bertz CT molecular complexity index is 1460. The van der Waals surface area contributed by atoms with Crippen LogP contribution in [0.3, 0.4) is 0 Å². The number of hydrogen-bond acceptors (Lipinski definition) is 5. The molecular weight excluding hydrogens is 521 g/mol. The van der Waals surface area contributed by atoms with E-state index in [4.69, 9.17) is 44.3 Å². The highest BCUT2D eigenvalue weighted by molar-refractivity contribution is 7.80. The Balaban J connectivity index is 1.35. The normalized spacial score (nSPS) is 10.9. The van der Waals surface area contributed by atoms with Crippen molar-refractivity contribution in [2.45, 2.75) is 6.92 Å². The number of hydrogen-bond donors (Lipinski definition) is 3. The van der Waals surface area contributed by atoms with E-state index in [0.717, 1.165) is 5.56 Å². The highest BCUT2D eigenvalue weighted by Gasteiger charge is 2.11. The van der Waals surface area contributed by atoms with Crippen LogP contribution in [-0.4, -0.2) is 16.9 Å². The molecule has 0 saturated heterocycles. The third kappa shape index (κ3) is 6.42. The van der Waals surface area contributed by atoms with E-state index in [1.807, 2.05) is 13.0 Å². The van der Waals surface area contributed by atoms with E-state index in [1.54, 1.807) is 54.6 Å². The molecule has 0 unspecified atom stereocenters. The molecule has 0 saturated carbocycles. The molecular formula is C26H19Cl2N3O4S. The Hall–Kier alpha value is -3.85. The van der Waals surface area contributed by atoms with Crippen LogP contribution < -0.4 is 16.0 Å². The summed E-state index contributed by atoms with van der Waals surface area (Å²) in [6.45, 7) is 1.87. The van der Waals surface area contributed by atoms with Crippen molar-refractivity contribution >= 4 is 69.8 Å². The number of aryl methyl sites for hydroxylation is 1. The minimum atomic E-state index is -0.449. The predicted molar refractivity (Wildman–Crippen MR) is 145 cm³/mol. The molecule has 10 heteroatoms. The molecule has 3 N–H and O–H groups in total. The molecule has 2 heterocycles. The molecule has 4 aromatic rings. The van der Waals surface area contributed by atoms with Crippen LogP contribution in [0, 0.1) is 6.92 Å². The van der Waals surface area contributed by atoms with Gasteiger partial charge in [-0.3, -0.25) is 14.9 Å². The zero-order valence-electron chi connectivity index (χ0n) is 18.8. The van der Waals surface area contributed by atoms with E-state index in [9.17, 15) is 9.59 Å². The number of furan rings is 2. The number of rotatable bonds is 6. The molecule has 0 spiro atoms. The van der Waals surface area contributed by atoms with Gasteiger partial charge in [0, 0.05) is 28.0 Å². The summed E-state index contributed by atoms with van der Waals surface area (Å²) in [6, 6.07) is 17.0. The molecule has 0 radical (unpaired) electrons. The third-order valence-electron chi connectivity index (χ3n) is 4.95. The summed E-state index contributed by atoms with van der Waals surface area (Å²) in [4.78, 5) is 24.5. The fourth-order valence-corrected chi connectivity index (χ4v) is 3.89. The van der Waals surface area contributed by atoms with Gasteiger partial charge in [-0.1, -0.05) is 29.3 Å². The first-order chi connectivity index (χ1) is 17.3. The van der Waals surface area contributed by atoms with Gasteiger partial charge in [-0.2, -0.15) is 0 Å². The van der Waals surface area contributed by atoms with Gasteiger partial charge in [0.05, 0.1) is 11.3 Å². The first-order valence-corrected chi connectivity index (χ1v) is 11.8. The van der Waals surface area contributed by atoms with Crippen molar-refractivity contribution in [3.05, 3.63) is 100 Å². The number of benzene rings is 2. The van der Waals surface area contributed by atoms with Crippen LogP contribution >= 0.6 is 35.4 Å². The molecule has 0 fully saturated rings. The van der Waals surface area contributed by atoms with Crippen molar-refractivity contribution in [1.82, 2.24) is 5.32 Å². The van der Waals surface area contributed by atoms with Crippen molar-refractivity contribution < 1.29 is 18.4 Å². The summed E-state index contributed by atoms with van der Waals surface area (Å²) in [5, 5.41) is 9.37. The van der Waals surface area contributed by atoms with Gasteiger partial charge in [-0.05, 0) is 85.4 Å². The molecule has 0 bridgehead atoms. The number of carbonyl (C=O) groups is 2. The van der Waals surface area contributed by atoms with Crippen LogP contribution in [0.1, 0.15) is 21.9 Å². The summed E-state index contributed by atoms with van der Waals surface area (Å²) in [5.41, 5.74) is 2.71. The van der Waals surface area contributed by atoms with Gasteiger partial charge in [0.1, 0.15) is 11.5 Å². The maximum atomic E-state index is 12.3. The van der Waals surface area contributed by atoms with E-state index in [2.05, 4.69) is 16.0 Å². The molecule has 0 aliphatic heterocycles. The van der Waals surface area contributed by atoms with E-state index in [0.29, 0.717) is 38.5 Å². The maximum absolute atomic E-state index is 12.3. The quantitative estimate of drug-likeness (QED) is 0.181. The molecule has 7 nitrogen and oxygen atoms in total. The fraction of sp³-hybridized carbons (Fsp3) is 0.0385. The van der Waals surface area contributed by atoms with Gasteiger partial charge in [-0.15, -0.1) is 0 Å². The lowest BCUT2D eigenvalue weighted by Crippen LogP contribution is -2.33. The lowest BCUT2D eigenvalue weighted by Gasteiger charge is -2.13. The van der Waals surface area contributed by atoms with E-state index in [1.165, 1.54) is 18.4 Å². The van der Waals surface area contributed by atoms with Gasteiger partial charge < -0.3 is 19.5 Å². The molecule has 182 valence electrons. The number of nitrogens with one attached hydrogen (secondary N) is 3. The standard InChI is InChI=1S/C26H19Cl2N3O4S/c1-15-4-6-17(29-25(33)23-3-2-12-34-23)14-21(15)30-26(36)31-24(32)11-8-18-7-10-22(35-18)19-9-5-16(27)13-20(19)28/h2-14H,1H3,(H,29,33)(H2,30,31,32,36)/b11-8+. The SMILES string of the molecule is Cc1ccc(NC(=O)c2ccco2)cc1NC(=S)NC(=O)/C=C/c1ccc(-c2ccc(Cl)cc2Cl)o1. The van der Waals surface area contributed by atoms with Crippen molar-refractivity contribution in [3.63, 3.8) is 0 Å². The molecule has 4 rings (SSSR count). The summed E-state index contributed by atoms with van der Waals surface area (Å²) < 4.78 is 10.8. The number of anilines is 2. The molecule has 2 aromatic carbocycles. The molecule has 2 aromatic heterocycles. The number of amides is 2. The maximum Gasteiger partial charge on any atom is 0.291 e. The van der Waals surface area contributed by atoms with Gasteiger partial charge in [0.2, 0.25) is 5.91 Å². The Morgan fingerprint density at radius 3 is 2.58 bits per heavy atom. The van der Waals surface area contributed by atoms with Gasteiger partial charge in [0.15, 0.2) is 10.9 Å². The third-order valence-corrected chi connectivity index (χ3v) is 5.70. The average molecular weight is 540 g/mol. The van der Waals surface area contributed by atoms with Crippen molar-refractivity contribution in [2.75, 3.05) is 10.6 Å². The summed E-state index contributed by atoms with van der Waals surface area (Å²) in [5.74, 6) is 0.369. The Morgan fingerprint density at radius 1 is 1.00 bits per heavy atom. The zero-order chi connectivity index (χ0) is 25.7. The van der Waals surface area contributed by atoms with Crippen LogP contribution in [0.25, 0.3) is 17.4 Å². The van der Waals surface area contributed by atoms with Gasteiger partial charge in [0.25, 0.3) is 5.91 Å². The lowest BCUT2D eigenvalue weighted by atomic mass is 10.2. The molecule has 0 aliphatic rings. The second kappa shape index (κ2) is 11.3. The van der Waals surface area contributed by atoms with Crippen LogP contribution in [0.15, 0.2) is 81.8 Å². The Kier molecular flexibility index (Phi) is 7.90. The summed E-state index contributed by atoms with van der Waals surface area (Å²) >= 11 is 17.4. The number of halogens is 2. The Labute approximate surface area is 222 Å². The fourth-order valence-electron chi connectivity index (χ4n) is 3.18. The van der Waals surface area contributed by atoms with E-state index >= 15 is 0 Å². The molecule has 0 aliphatic carbocycles. The topological polar surface area (TPSA) is 96.5 Å². The van der Waals surface area contributed by atoms with E-state index < -0.39 is 5.91 Å². The van der Waals surface area contributed by atoms with E-state index in [-0.39, 0.29) is 16.8 Å². The van der Waals surface area contributed by atoms with Crippen molar-refractivity contribution in [2.24, 2.45) is 0 Å². The average Bonchev–Trinajstić information content (AvgIpc) is 3.52. The van der Waals surface area contributed by atoms with Crippen molar-refractivity contribution in [3.8, 4) is 11.3 Å². The van der Waals surface area contributed by atoms with Crippen LogP contribution in [-0.2, 0) is 4.79 Å². The summed E-state index contributed by atoms with van der Waals surface area (Å²) in [7, 11) is 0. The molecule has 2 amide bonds. The largest absolute Gasteiger partial charge is 0.459 e. The van der Waals surface area contributed by atoms with Gasteiger partial charge >= 0.3 is 0 Å². The van der Waals surface area contributed by atoms with Crippen molar-refractivity contribution in [1.29, 1.82) is 0 Å². The second-order valence-corrected chi connectivity index (χ2v) is 8.82. The smallest absolute Gasteiger partial charge is 0.291 e. The minimum Gasteiger partial charge on any atom is -0.459 e. The number of carbonyl (C=O) groups excluding carboxylic acids is 2. The van der Waals surface area contributed by atoms with Crippen LogP contribution in [0.2, 0.25) is 10.0 Å². The highest BCUT2D eigenvalue weighted by Crippen LogP contribution is 2.31. The van der Waals surface area contributed by atoms with Crippen LogP contribution in [0.5, 0.6) is 0 Å². The predicted octanol–water partition coefficient (Wildman–Crippen LogP) is 6.93.